The maximum Gasteiger partial charge on any atom is 0.273 e. The zero-order valence-corrected chi connectivity index (χ0v) is 17.1. The van der Waals surface area contributed by atoms with E-state index in [-0.39, 0.29) is 35.8 Å². The molecular formula is C23H25F2N3O2. The van der Waals surface area contributed by atoms with Crippen LogP contribution in [-0.4, -0.2) is 21.8 Å². The van der Waals surface area contributed by atoms with Crippen LogP contribution in [-0.2, 0) is 19.6 Å². The van der Waals surface area contributed by atoms with E-state index in [1.54, 1.807) is 30.3 Å². The summed E-state index contributed by atoms with van der Waals surface area (Å²) in [5.74, 6) is -0.562. The second-order valence-corrected chi connectivity index (χ2v) is 7.27. The first-order valence-corrected chi connectivity index (χ1v) is 9.90. The molecule has 1 atom stereocenters. The molecule has 0 aliphatic rings. The van der Waals surface area contributed by atoms with Crippen molar-refractivity contribution in [2.24, 2.45) is 0 Å². The van der Waals surface area contributed by atoms with Gasteiger partial charge in [0.15, 0.2) is 5.69 Å². The monoisotopic (exact) mass is 413 g/mol. The van der Waals surface area contributed by atoms with Gasteiger partial charge in [0.05, 0.1) is 6.54 Å². The third kappa shape index (κ3) is 5.97. The van der Waals surface area contributed by atoms with Crippen molar-refractivity contribution in [2.45, 2.75) is 45.9 Å². The van der Waals surface area contributed by atoms with Gasteiger partial charge in [0.1, 0.15) is 17.9 Å². The van der Waals surface area contributed by atoms with Crippen LogP contribution in [0, 0.1) is 11.6 Å². The minimum atomic E-state index is -0.316. The molecular weight excluding hydrogens is 388 g/mol. The molecule has 1 N–H and O–H groups in total. The molecule has 1 amide bonds. The molecule has 0 aliphatic carbocycles. The van der Waals surface area contributed by atoms with Crippen LogP contribution in [0.25, 0.3) is 0 Å². The Hall–Kier alpha value is -3.06. The standard InChI is InChI=1S/C23H25F2N3O2/c1-3-16(2)26-23(29)21-15-30-22(27-21)14-28(12-17-8-10-19(24)11-9-17)13-18-6-4-5-7-20(18)25/h4-11,15-16H,3,12-14H2,1-2H3,(H,26,29)/t16-/m1/s1. The highest BCUT2D eigenvalue weighted by molar-refractivity contribution is 5.92. The molecule has 30 heavy (non-hydrogen) atoms. The van der Waals surface area contributed by atoms with Gasteiger partial charge >= 0.3 is 0 Å². The van der Waals surface area contributed by atoms with Gasteiger partial charge in [0.25, 0.3) is 5.91 Å². The first kappa shape index (κ1) is 21.6. The zero-order chi connectivity index (χ0) is 21.5. The number of oxazole rings is 1. The molecule has 0 saturated carbocycles. The van der Waals surface area contributed by atoms with Crippen molar-refractivity contribution in [1.82, 2.24) is 15.2 Å². The Morgan fingerprint density at radius 1 is 1.10 bits per heavy atom. The van der Waals surface area contributed by atoms with E-state index in [0.717, 1.165) is 12.0 Å². The lowest BCUT2D eigenvalue weighted by Crippen LogP contribution is -2.32. The highest BCUT2D eigenvalue weighted by atomic mass is 19.1. The molecule has 0 aliphatic heterocycles. The summed E-state index contributed by atoms with van der Waals surface area (Å²) in [5, 5.41) is 2.84. The first-order chi connectivity index (χ1) is 14.4. The van der Waals surface area contributed by atoms with E-state index < -0.39 is 0 Å². The van der Waals surface area contributed by atoms with Gasteiger partial charge in [0.2, 0.25) is 5.89 Å². The zero-order valence-electron chi connectivity index (χ0n) is 17.1. The van der Waals surface area contributed by atoms with E-state index in [0.29, 0.717) is 24.5 Å². The van der Waals surface area contributed by atoms with Crippen LogP contribution in [0.2, 0.25) is 0 Å². The van der Waals surface area contributed by atoms with Crippen molar-refractivity contribution in [3.05, 3.63) is 89.1 Å². The van der Waals surface area contributed by atoms with E-state index >= 15 is 0 Å². The summed E-state index contributed by atoms with van der Waals surface area (Å²) in [6.45, 7) is 4.90. The number of halogens is 2. The average Bonchev–Trinajstić information content (AvgIpc) is 3.20. The Labute approximate surface area is 174 Å². The summed E-state index contributed by atoms with van der Waals surface area (Å²) in [7, 11) is 0. The van der Waals surface area contributed by atoms with Crippen LogP contribution in [0.1, 0.15) is 47.8 Å². The Kier molecular flexibility index (Phi) is 7.30. The molecule has 0 bridgehead atoms. The number of amides is 1. The molecule has 158 valence electrons. The Bertz CT molecular complexity index is 973. The van der Waals surface area contributed by atoms with Gasteiger partial charge in [0, 0.05) is 24.7 Å². The number of rotatable bonds is 9. The highest BCUT2D eigenvalue weighted by Gasteiger charge is 2.17. The summed E-state index contributed by atoms with van der Waals surface area (Å²) in [6, 6.07) is 12.7. The van der Waals surface area contributed by atoms with E-state index in [4.69, 9.17) is 4.42 Å². The Morgan fingerprint density at radius 2 is 1.83 bits per heavy atom. The number of nitrogens with one attached hydrogen (secondary N) is 1. The molecule has 5 nitrogen and oxygen atoms in total. The normalized spacial score (nSPS) is 12.2. The van der Waals surface area contributed by atoms with Crippen LogP contribution in [0.5, 0.6) is 0 Å². The summed E-state index contributed by atoms with van der Waals surface area (Å²) in [5.41, 5.74) is 1.60. The van der Waals surface area contributed by atoms with Gasteiger partial charge in [-0.2, -0.15) is 0 Å². The number of carbonyl (C=O) groups is 1. The molecule has 0 unspecified atom stereocenters. The molecule has 1 heterocycles. The summed E-state index contributed by atoms with van der Waals surface area (Å²) >= 11 is 0. The van der Waals surface area contributed by atoms with Crippen molar-refractivity contribution >= 4 is 5.91 Å². The van der Waals surface area contributed by atoms with Crippen LogP contribution < -0.4 is 5.32 Å². The van der Waals surface area contributed by atoms with Gasteiger partial charge in [-0.3, -0.25) is 9.69 Å². The quantitative estimate of drug-likeness (QED) is 0.553. The highest BCUT2D eigenvalue weighted by Crippen LogP contribution is 2.17. The van der Waals surface area contributed by atoms with Gasteiger partial charge in [-0.25, -0.2) is 13.8 Å². The molecule has 7 heteroatoms. The Balaban J connectivity index is 1.75. The molecule has 0 fully saturated rings. The third-order valence-corrected chi connectivity index (χ3v) is 4.80. The van der Waals surface area contributed by atoms with Gasteiger partial charge < -0.3 is 9.73 Å². The third-order valence-electron chi connectivity index (χ3n) is 4.80. The SMILES string of the molecule is CC[C@@H](C)NC(=O)c1coc(CN(Cc2ccc(F)cc2)Cc2ccccc2F)n1. The predicted octanol–water partition coefficient (Wildman–Crippen LogP) is 4.68. The van der Waals surface area contributed by atoms with Crippen molar-refractivity contribution in [1.29, 1.82) is 0 Å². The number of nitrogens with zero attached hydrogens (tertiary/aromatic N) is 2. The molecule has 2 aromatic carbocycles. The fourth-order valence-electron chi connectivity index (χ4n) is 2.96. The summed E-state index contributed by atoms with van der Waals surface area (Å²) in [4.78, 5) is 18.4. The van der Waals surface area contributed by atoms with Crippen molar-refractivity contribution in [3.63, 3.8) is 0 Å². The number of carbonyl (C=O) groups excluding carboxylic acids is 1. The average molecular weight is 413 g/mol. The van der Waals surface area contributed by atoms with Gasteiger partial charge in [-0.15, -0.1) is 0 Å². The molecule has 0 spiro atoms. The van der Waals surface area contributed by atoms with Crippen LogP contribution >= 0.6 is 0 Å². The first-order valence-electron chi connectivity index (χ1n) is 9.90. The van der Waals surface area contributed by atoms with E-state index in [9.17, 15) is 13.6 Å². The predicted molar refractivity (Wildman–Crippen MR) is 109 cm³/mol. The lowest BCUT2D eigenvalue weighted by molar-refractivity contribution is 0.0934. The van der Waals surface area contributed by atoms with Crippen molar-refractivity contribution in [3.8, 4) is 0 Å². The van der Waals surface area contributed by atoms with Gasteiger partial charge in [-0.05, 0) is 37.1 Å². The lowest BCUT2D eigenvalue weighted by atomic mass is 10.1. The summed E-state index contributed by atoms with van der Waals surface area (Å²) < 4.78 is 32.9. The summed E-state index contributed by atoms with van der Waals surface area (Å²) in [6.07, 6.45) is 2.14. The molecule has 0 saturated heterocycles. The molecule has 3 aromatic rings. The topological polar surface area (TPSA) is 58.4 Å². The smallest absolute Gasteiger partial charge is 0.273 e. The van der Waals surface area contributed by atoms with E-state index in [2.05, 4.69) is 10.3 Å². The maximum absolute atomic E-state index is 14.2. The van der Waals surface area contributed by atoms with E-state index in [1.165, 1.54) is 24.5 Å². The number of hydrogen-bond acceptors (Lipinski definition) is 4. The van der Waals surface area contributed by atoms with Crippen LogP contribution in [0.3, 0.4) is 0 Å². The van der Waals surface area contributed by atoms with Crippen LogP contribution in [0.15, 0.2) is 59.2 Å². The largest absolute Gasteiger partial charge is 0.447 e. The number of aromatic nitrogens is 1. The maximum atomic E-state index is 14.2. The van der Waals surface area contributed by atoms with Crippen molar-refractivity contribution < 1.29 is 18.0 Å². The molecule has 0 radical (unpaired) electrons. The lowest BCUT2D eigenvalue weighted by Gasteiger charge is -2.21. The minimum Gasteiger partial charge on any atom is -0.447 e. The van der Waals surface area contributed by atoms with E-state index in [1.807, 2.05) is 18.7 Å². The van der Waals surface area contributed by atoms with Crippen LogP contribution in [0.4, 0.5) is 8.78 Å². The molecule has 3 rings (SSSR count). The number of hydrogen-bond donors (Lipinski definition) is 1. The van der Waals surface area contributed by atoms with Gasteiger partial charge in [-0.1, -0.05) is 37.3 Å². The fraction of sp³-hybridized carbons (Fsp3) is 0.304. The minimum absolute atomic E-state index is 0.0358. The molecule has 1 aromatic heterocycles. The second kappa shape index (κ2) is 10.1. The second-order valence-electron chi connectivity index (χ2n) is 7.27. The Morgan fingerprint density at radius 3 is 2.53 bits per heavy atom. The number of benzene rings is 2. The van der Waals surface area contributed by atoms with Crippen molar-refractivity contribution in [2.75, 3.05) is 0 Å². The fourth-order valence-corrected chi connectivity index (χ4v) is 2.96.